The first-order valence-electron chi connectivity index (χ1n) is 13.2. The molecular formula is C30H28FN5O3S. The molecule has 1 aliphatic carbocycles. The second kappa shape index (κ2) is 11.2. The SMILES string of the molecule is C[C@H]1COCCN1c1cc(C2(Sc3cncc(F)c3)CC2)nc(-c2ccc(NC(=O)Oc3ccccc3)cc2)n1. The van der Waals surface area contributed by atoms with Crippen molar-refractivity contribution in [2.75, 3.05) is 30.0 Å². The summed E-state index contributed by atoms with van der Waals surface area (Å²) in [5.41, 5.74) is 2.32. The summed E-state index contributed by atoms with van der Waals surface area (Å²) in [5, 5.41) is 2.75. The Balaban J connectivity index is 1.28. The number of thioether (sulfide) groups is 1. The lowest BCUT2D eigenvalue weighted by atomic mass is 10.1. The Morgan fingerprint density at radius 1 is 1.10 bits per heavy atom. The minimum Gasteiger partial charge on any atom is -0.410 e. The lowest BCUT2D eigenvalue weighted by Crippen LogP contribution is -2.44. The molecule has 0 spiro atoms. The molecule has 0 radical (unpaired) electrons. The van der Waals surface area contributed by atoms with E-state index in [2.05, 4.69) is 28.2 Å². The van der Waals surface area contributed by atoms with Gasteiger partial charge in [-0.3, -0.25) is 10.3 Å². The van der Waals surface area contributed by atoms with Gasteiger partial charge in [-0.05, 0) is 62.2 Å². The van der Waals surface area contributed by atoms with E-state index in [1.165, 1.54) is 12.3 Å². The number of halogens is 1. The molecule has 2 aliphatic rings. The van der Waals surface area contributed by atoms with Gasteiger partial charge >= 0.3 is 6.09 Å². The molecule has 40 heavy (non-hydrogen) atoms. The number of aromatic nitrogens is 3. The molecule has 1 N–H and O–H groups in total. The number of hydrogen-bond acceptors (Lipinski definition) is 8. The molecule has 1 saturated heterocycles. The number of benzene rings is 2. The molecule has 204 valence electrons. The van der Waals surface area contributed by atoms with Crippen molar-refractivity contribution in [1.29, 1.82) is 0 Å². The summed E-state index contributed by atoms with van der Waals surface area (Å²) in [6, 6.07) is 20.0. The summed E-state index contributed by atoms with van der Waals surface area (Å²) in [4.78, 5) is 29.3. The van der Waals surface area contributed by atoms with Gasteiger partial charge in [-0.2, -0.15) is 0 Å². The van der Waals surface area contributed by atoms with Crippen molar-refractivity contribution in [3.63, 3.8) is 0 Å². The van der Waals surface area contributed by atoms with E-state index < -0.39 is 6.09 Å². The number of morpholine rings is 1. The molecule has 1 aliphatic heterocycles. The summed E-state index contributed by atoms with van der Waals surface area (Å²) < 4.78 is 24.6. The number of carbonyl (C=O) groups excluding carboxylic acids is 1. The average molecular weight is 558 g/mol. The van der Waals surface area contributed by atoms with Gasteiger partial charge in [-0.15, -0.1) is 11.8 Å². The maximum Gasteiger partial charge on any atom is 0.417 e. The molecule has 6 rings (SSSR count). The van der Waals surface area contributed by atoms with E-state index in [1.807, 2.05) is 18.2 Å². The summed E-state index contributed by atoms with van der Waals surface area (Å²) in [6.45, 7) is 4.11. The van der Waals surface area contributed by atoms with E-state index in [0.29, 0.717) is 30.5 Å². The highest BCUT2D eigenvalue weighted by Gasteiger charge is 2.47. The Morgan fingerprint density at radius 2 is 1.90 bits per heavy atom. The van der Waals surface area contributed by atoms with Gasteiger partial charge in [0.05, 0.1) is 35.9 Å². The summed E-state index contributed by atoms with van der Waals surface area (Å²) in [5.74, 6) is 1.54. The Hall–Kier alpha value is -4.02. The molecule has 10 heteroatoms. The molecule has 4 aromatic rings. The van der Waals surface area contributed by atoms with Gasteiger partial charge in [-0.1, -0.05) is 18.2 Å². The number of para-hydroxylation sites is 1. The Bertz CT molecular complexity index is 1500. The average Bonchev–Trinajstić information content (AvgIpc) is 3.74. The van der Waals surface area contributed by atoms with Crippen molar-refractivity contribution >= 4 is 29.4 Å². The van der Waals surface area contributed by atoms with E-state index in [-0.39, 0.29) is 16.6 Å². The van der Waals surface area contributed by atoms with Crippen LogP contribution >= 0.6 is 11.8 Å². The number of pyridine rings is 1. The highest BCUT2D eigenvalue weighted by molar-refractivity contribution is 8.00. The summed E-state index contributed by atoms with van der Waals surface area (Å²) in [6.07, 6.45) is 4.18. The molecule has 1 saturated carbocycles. The van der Waals surface area contributed by atoms with Gasteiger partial charge in [0.1, 0.15) is 17.4 Å². The van der Waals surface area contributed by atoms with E-state index >= 15 is 0 Å². The number of amides is 1. The highest BCUT2D eigenvalue weighted by Crippen LogP contribution is 2.59. The second-order valence-electron chi connectivity index (χ2n) is 9.89. The molecule has 3 heterocycles. The van der Waals surface area contributed by atoms with Crippen LogP contribution in [-0.4, -0.2) is 46.8 Å². The number of nitrogens with one attached hydrogen (secondary N) is 1. The van der Waals surface area contributed by atoms with E-state index in [1.54, 1.807) is 54.4 Å². The third-order valence-electron chi connectivity index (χ3n) is 6.88. The van der Waals surface area contributed by atoms with Crippen molar-refractivity contribution in [2.45, 2.75) is 35.4 Å². The first kappa shape index (κ1) is 26.2. The molecule has 0 unspecified atom stereocenters. The fraction of sp³-hybridized carbons (Fsp3) is 0.267. The number of anilines is 2. The smallest absolute Gasteiger partial charge is 0.410 e. The van der Waals surface area contributed by atoms with Crippen LogP contribution < -0.4 is 15.0 Å². The van der Waals surface area contributed by atoms with Crippen molar-refractivity contribution in [3.05, 3.63) is 90.6 Å². The second-order valence-corrected chi connectivity index (χ2v) is 11.3. The lowest BCUT2D eigenvalue weighted by molar-refractivity contribution is 0.0985. The van der Waals surface area contributed by atoms with Gasteiger partial charge in [-0.25, -0.2) is 19.2 Å². The highest BCUT2D eigenvalue weighted by atomic mass is 32.2. The number of hydrogen-bond donors (Lipinski definition) is 1. The maximum absolute atomic E-state index is 13.9. The fourth-order valence-corrected chi connectivity index (χ4v) is 5.90. The number of rotatable bonds is 7. The molecule has 1 atom stereocenters. The lowest BCUT2D eigenvalue weighted by Gasteiger charge is -2.34. The van der Waals surface area contributed by atoms with Crippen LogP contribution in [0.3, 0.4) is 0 Å². The summed E-state index contributed by atoms with van der Waals surface area (Å²) in [7, 11) is 0. The van der Waals surface area contributed by atoms with Crippen LogP contribution in [0.15, 0.2) is 84.0 Å². The Morgan fingerprint density at radius 3 is 2.62 bits per heavy atom. The van der Waals surface area contributed by atoms with Gasteiger partial charge in [0.15, 0.2) is 5.82 Å². The monoisotopic (exact) mass is 557 g/mol. The third kappa shape index (κ3) is 5.93. The van der Waals surface area contributed by atoms with E-state index in [4.69, 9.17) is 19.4 Å². The van der Waals surface area contributed by atoms with Gasteiger partial charge in [0, 0.05) is 35.0 Å². The van der Waals surface area contributed by atoms with Crippen molar-refractivity contribution in [2.24, 2.45) is 0 Å². The van der Waals surface area contributed by atoms with Crippen LogP contribution in [-0.2, 0) is 9.48 Å². The minimum absolute atomic E-state index is 0.168. The zero-order valence-electron chi connectivity index (χ0n) is 21.9. The van der Waals surface area contributed by atoms with E-state index in [0.717, 1.165) is 41.4 Å². The molecule has 8 nitrogen and oxygen atoms in total. The predicted molar refractivity (Wildman–Crippen MR) is 152 cm³/mol. The number of carbonyl (C=O) groups is 1. The topological polar surface area (TPSA) is 89.5 Å². The normalized spacial score (nSPS) is 17.8. The van der Waals surface area contributed by atoms with Crippen molar-refractivity contribution in [3.8, 4) is 17.1 Å². The largest absolute Gasteiger partial charge is 0.417 e. The fourth-order valence-electron chi connectivity index (χ4n) is 4.65. The molecular weight excluding hydrogens is 529 g/mol. The van der Waals surface area contributed by atoms with E-state index in [9.17, 15) is 9.18 Å². The molecule has 2 fully saturated rings. The van der Waals surface area contributed by atoms with Crippen molar-refractivity contribution in [1.82, 2.24) is 15.0 Å². The maximum atomic E-state index is 13.9. The Kier molecular flexibility index (Phi) is 7.36. The quantitative estimate of drug-likeness (QED) is 0.283. The van der Waals surface area contributed by atoms with Gasteiger partial charge in [0.2, 0.25) is 0 Å². The number of ether oxygens (including phenoxy) is 2. The number of nitrogens with zero attached hydrogens (tertiary/aromatic N) is 4. The first-order chi connectivity index (χ1) is 19.5. The zero-order chi connectivity index (χ0) is 27.5. The van der Waals surface area contributed by atoms with Gasteiger partial charge < -0.3 is 14.4 Å². The molecule has 1 amide bonds. The van der Waals surface area contributed by atoms with Crippen LogP contribution in [0, 0.1) is 5.82 Å². The van der Waals surface area contributed by atoms with Crippen LogP contribution in [0.2, 0.25) is 0 Å². The van der Waals surface area contributed by atoms with Crippen molar-refractivity contribution < 1.29 is 18.7 Å². The summed E-state index contributed by atoms with van der Waals surface area (Å²) >= 11 is 1.60. The minimum atomic E-state index is -0.569. The van der Waals surface area contributed by atoms with Crippen LogP contribution in [0.5, 0.6) is 5.75 Å². The molecule has 0 bridgehead atoms. The predicted octanol–water partition coefficient (Wildman–Crippen LogP) is 6.30. The Labute approximate surface area is 236 Å². The zero-order valence-corrected chi connectivity index (χ0v) is 22.7. The van der Waals surface area contributed by atoms with Crippen LogP contribution in [0.4, 0.5) is 20.7 Å². The molecule has 2 aromatic carbocycles. The van der Waals surface area contributed by atoms with Crippen LogP contribution in [0.1, 0.15) is 25.5 Å². The van der Waals surface area contributed by atoms with Crippen LogP contribution in [0.25, 0.3) is 11.4 Å². The van der Waals surface area contributed by atoms with Gasteiger partial charge in [0.25, 0.3) is 0 Å². The third-order valence-corrected chi connectivity index (χ3v) is 8.35. The molecule has 2 aromatic heterocycles. The standard InChI is InChI=1S/C30H28FN5O3S/c1-20-19-38-14-13-36(20)27-16-26(30(11-12-30)40-25-15-22(31)17-32-18-25)34-28(35-27)21-7-9-23(10-8-21)33-29(37)39-24-5-3-2-4-6-24/h2-10,15-18,20H,11-14,19H2,1H3,(H,33,37)/t20-/m0/s1. The first-order valence-corrected chi connectivity index (χ1v) is 14.0.